The molecule has 76 valence electrons. The van der Waals surface area contributed by atoms with Gasteiger partial charge in [0.25, 0.3) is 0 Å². The van der Waals surface area contributed by atoms with Crippen LogP contribution in [0.3, 0.4) is 0 Å². The van der Waals surface area contributed by atoms with Gasteiger partial charge in [-0.2, -0.15) is 0 Å². The summed E-state index contributed by atoms with van der Waals surface area (Å²) in [5.74, 6) is -0.254. The molecule has 1 saturated carbocycles. The highest BCUT2D eigenvalue weighted by Crippen LogP contribution is 2.51. The van der Waals surface area contributed by atoms with E-state index in [0.717, 1.165) is 18.4 Å². The molecule has 1 atom stereocenters. The summed E-state index contributed by atoms with van der Waals surface area (Å²) in [4.78, 5) is 0. The summed E-state index contributed by atoms with van der Waals surface area (Å²) in [6.45, 7) is 1.80. The fourth-order valence-corrected chi connectivity index (χ4v) is 2.27. The van der Waals surface area contributed by atoms with E-state index in [-0.39, 0.29) is 17.3 Å². The lowest BCUT2D eigenvalue weighted by molar-refractivity contribution is 0.150. The van der Waals surface area contributed by atoms with Crippen molar-refractivity contribution >= 4 is 15.9 Å². The predicted octanol–water partition coefficient (Wildman–Crippen LogP) is 3.00. The molecule has 1 nitrogen and oxygen atoms in total. The van der Waals surface area contributed by atoms with Gasteiger partial charge in [0.15, 0.2) is 0 Å². The third-order valence-electron chi connectivity index (χ3n) is 3.08. The van der Waals surface area contributed by atoms with E-state index in [1.165, 1.54) is 6.07 Å². The molecule has 0 saturated heterocycles. The summed E-state index contributed by atoms with van der Waals surface area (Å²) in [5.41, 5.74) is 0.914. The van der Waals surface area contributed by atoms with Crippen LogP contribution in [0.5, 0.6) is 0 Å². The van der Waals surface area contributed by atoms with Gasteiger partial charge in [0, 0.05) is 5.41 Å². The minimum Gasteiger partial charge on any atom is -0.392 e. The highest BCUT2D eigenvalue weighted by Gasteiger charge is 2.48. The van der Waals surface area contributed by atoms with Crippen molar-refractivity contribution < 1.29 is 9.50 Å². The van der Waals surface area contributed by atoms with Crippen molar-refractivity contribution in [3.8, 4) is 0 Å². The van der Waals surface area contributed by atoms with E-state index < -0.39 is 0 Å². The highest BCUT2D eigenvalue weighted by molar-refractivity contribution is 9.10. The van der Waals surface area contributed by atoms with Gasteiger partial charge in [-0.05, 0) is 53.4 Å². The Bertz CT molecular complexity index is 358. The molecular weight excluding hydrogens is 247 g/mol. The maximum atomic E-state index is 13.0. The molecule has 2 rings (SSSR count). The van der Waals surface area contributed by atoms with Crippen LogP contribution in [0.25, 0.3) is 0 Å². The number of benzene rings is 1. The summed E-state index contributed by atoms with van der Waals surface area (Å²) >= 11 is 3.16. The maximum absolute atomic E-state index is 13.0. The van der Waals surface area contributed by atoms with Crippen LogP contribution in [0.2, 0.25) is 0 Å². The first kappa shape index (κ1) is 10.1. The molecule has 14 heavy (non-hydrogen) atoms. The number of hydrogen-bond acceptors (Lipinski definition) is 1. The van der Waals surface area contributed by atoms with Gasteiger partial charge in [0.1, 0.15) is 5.82 Å². The zero-order valence-electron chi connectivity index (χ0n) is 7.93. The van der Waals surface area contributed by atoms with Gasteiger partial charge in [0.05, 0.1) is 10.6 Å². The lowest BCUT2D eigenvalue weighted by Gasteiger charge is -2.19. The van der Waals surface area contributed by atoms with Crippen LogP contribution in [-0.4, -0.2) is 11.2 Å². The maximum Gasteiger partial charge on any atom is 0.137 e. The van der Waals surface area contributed by atoms with Gasteiger partial charge in [-0.15, -0.1) is 0 Å². The Morgan fingerprint density at radius 1 is 1.50 bits per heavy atom. The van der Waals surface area contributed by atoms with Crippen LogP contribution in [0.15, 0.2) is 22.7 Å². The first-order valence-corrected chi connectivity index (χ1v) is 5.49. The van der Waals surface area contributed by atoms with E-state index in [9.17, 15) is 9.50 Å². The average molecular weight is 259 g/mol. The molecule has 1 N–H and O–H groups in total. The quantitative estimate of drug-likeness (QED) is 0.865. The molecular formula is C11H12BrFO. The summed E-state index contributed by atoms with van der Waals surface area (Å²) in [5, 5.41) is 9.65. The van der Waals surface area contributed by atoms with Crippen molar-refractivity contribution in [2.24, 2.45) is 0 Å². The van der Waals surface area contributed by atoms with Gasteiger partial charge in [-0.1, -0.05) is 6.07 Å². The molecule has 0 heterocycles. The largest absolute Gasteiger partial charge is 0.392 e. The summed E-state index contributed by atoms with van der Waals surface area (Å²) in [7, 11) is 0. The van der Waals surface area contributed by atoms with Gasteiger partial charge < -0.3 is 5.11 Å². The number of hydrogen-bond donors (Lipinski definition) is 1. The molecule has 0 bridgehead atoms. The smallest absolute Gasteiger partial charge is 0.137 e. The molecule has 0 aromatic heterocycles. The SMILES string of the molecule is CC(O)C1(c2ccc(F)c(Br)c2)CC1. The first-order valence-electron chi connectivity index (χ1n) is 4.70. The first-order chi connectivity index (χ1) is 6.56. The van der Waals surface area contributed by atoms with Gasteiger partial charge in [-0.3, -0.25) is 0 Å². The molecule has 1 unspecified atom stereocenters. The number of rotatable bonds is 2. The van der Waals surface area contributed by atoms with Crippen LogP contribution < -0.4 is 0 Å². The Kier molecular flexibility index (Phi) is 2.40. The second-order valence-corrected chi connectivity index (χ2v) is 4.82. The molecule has 1 aliphatic rings. The highest BCUT2D eigenvalue weighted by atomic mass is 79.9. The Hall–Kier alpha value is -0.410. The van der Waals surface area contributed by atoms with Crippen molar-refractivity contribution in [2.45, 2.75) is 31.3 Å². The van der Waals surface area contributed by atoms with Crippen molar-refractivity contribution in [3.63, 3.8) is 0 Å². The summed E-state index contributed by atoms with van der Waals surface area (Å²) in [6.07, 6.45) is 1.62. The average Bonchev–Trinajstić information content (AvgIpc) is 2.90. The van der Waals surface area contributed by atoms with Gasteiger partial charge in [0.2, 0.25) is 0 Å². The van der Waals surface area contributed by atoms with E-state index in [1.807, 2.05) is 0 Å². The van der Waals surface area contributed by atoms with Crippen LogP contribution in [0.4, 0.5) is 4.39 Å². The fourth-order valence-electron chi connectivity index (χ4n) is 1.89. The Morgan fingerprint density at radius 2 is 2.14 bits per heavy atom. The van der Waals surface area contributed by atoms with Gasteiger partial charge in [-0.25, -0.2) is 4.39 Å². The van der Waals surface area contributed by atoms with Crippen molar-refractivity contribution in [1.82, 2.24) is 0 Å². The minimum atomic E-state index is -0.361. The van der Waals surface area contributed by atoms with E-state index >= 15 is 0 Å². The second-order valence-electron chi connectivity index (χ2n) is 3.96. The molecule has 0 spiro atoms. The predicted molar refractivity (Wildman–Crippen MR) is 56.7 cm³/mol. The topological polar surface area (TPSA) is 20.2 Å². The molecule has 0 amide bonds. The van der Waals surface area contributed by atoms with E-state index in [4.69, 9.17) is 0 Å². The number of halogens is 2. The lowest BCUT2D eigenvalue weighted by Crippen LogP contribution is -2.22. The fraction of sp³-hybridized carbons (Fsp3) is 0.455. The molecule has 1 aromatic carbocycles. The van der Waals surface area contributed by atoms with E-state index in [2.05, 4.69) is 15.9 Å². The molecule has 0 aliphatic heterocycles. The third-order valence-corrected chi connectivity index (χ3v) is 3.69. The third kappa shape index (κ3) is 1.48. The van der Waals surface area contributed by atoms with E-state index in [0.29, 0.717) is 4.47 Å². The van der Waals surface area contributed by atoms with Crippen LogP contribution >= 0.6 is 15.9 Å². The normalized spacial score (nSPS) is 20.6. The standard InChI is InChI=1S/C11H12BrFO/c1-7(14)11(4-5-11)8-2-3-10(13)9(12)6-8/h2-3,6-7,14H,4-5H2,1H3. The monoisotopic (exact) mass is 258 g/mol. The van der Waals surface area contributed by atoms with Crippen LogP contribution in [0.1, 0.15) is 25.3 Å². The molecule has 1 aromatic rings. The van der Waals surface area contributed by atoms with Gasteiger partial charge >= 0.3 is 0 Å². The van der Waals surface area contributed by atoms with E-state index in [1.54, 1.807) is 19.1 Å². The molecule has 1 fully saturated rings. The number of aliphatic hydroxyl groups is 1. The summed E-state index contributed by atoms with van der Waals surface area (Å²) < 4.78 is 13.5. The minimum absolute atomic E-state index is 0.115. The molecule has 1 aliphatic carbocycles. The van der Waals surface area contributed by atoms with Crippen molar-refractivity contribution in [1.29, 1.82) is 0 Å². The second kappa shape index (κ2) is 3.31. The summed E-state index contributed by atoms with van der Waals surface area (Å²) in [6, 6.07) is 4.98. The lowest BCUT2D eigenvalue weighted by atomic mass is 9.91. The zero-order valence-corrected chi connectivity index (χ0v) is 9.51. The Balaban J connectivity index is 2.38. The van der Waals surface area contributed by atoms with Crippen molar-refractivity contribution in [2.75, 3.05) is 0 Å². The van der Waals surface area contributed by atoms with Crippen LogP contribution in [-0.2, 0) is 5.41 Å². The molecule has 3 heteroatoms. The van der Waals surface area contributed by atoms with Crippen molar-refractivity contribution in [3.05, 3.63) is 34.1 Å². The number of aliphatic hydroxyl groups excluding tert-OH is 1. The zero-order chi connectivity index (χ0) is 10.3. The van der Waals surface area contributed by atoms with Crippen LogP contribution in [0, 0.1) is 5.82 Å². The molecule has 0 radical (unpaired) electrons. The Labute approximate surface area is 91.1 Å². The Morgan fingerprint density at radius 3 is 2.57 bits per heavy atom.